The molecule has 2 N–H and O–H groups in total. The molecule has 0 aromatic carbocycles. The molecule has 0 saturated heterocycles. The van der Waals surface area contributed by atoms with Crippen molar-refractivity contribution in [1.82, 2.24) is 10.2 Å². The molecular formula is C10H17N3OS. The molecule has 0 bridgehead atoms. The fourth-order valence-corrected chi connectivity index (χ4v) is 1.92. The van der Waals surface area contributed by atoms with E-state index in [9.17, 15) is 5.11 Å². The van der Waals surface area contributed by atoms with Crippen LogP contribution in [0.15, 0.2) is 12.3 Å². The number of aromatic nitrogens is 2. The molecule has 1 aromatic heterocycles. The zero-order valence-electron chi connectivity index (χ0n) is 9.32. The van der Waals surface area contributed by atoms with Crippen LogP contribution in [0.4, 0.5) is 5.82 Å². The number of aryl methyl sites for hydroxylation is 1. The summed E-state index contributed by atoms with van der Waals surface area (Å²) >= 11 is 1.62. The predicted octanol–water partition coefficient (Wildman–Crippen LogP) is 1.31. The van der Waals surface area contributed by atoms with E-state index in [0.717, 1.165) is 5.56 Å². The van der Waals surface area contributed by atoms with Gasteiger partial charge in [0.25, 0.3) is 0 Å². The van der Waals surface area contributed by atoms with Crippen molar-refractivity contribution in [1.29, 1.82) is 0 Å². The Kier molecular flexibility index (Phi) is 4.35. The third-order valence-electron chi connectivity index (χ3n) is 1.90. The molecule has 1 rings (SSSR count). The highest BCUT2D eigenvalue weighted by molar-refractivity contribution is 7.98. The number of thioether (sulfide) groups is 1. The van der Waals surface area contributed by atoms with Gasteiger partial charge >= 0.3 is 0 Å². The molecule has 0 aliphatic carbocycles. The van der Waals surface area contributed by atoms with E-state index in [-0.39, 0.29) is 0 Å². The Morgan fingerprint density at radius 2 is 2.33 bits per heavy atom. The summed E-state index contributed by atoms with van der Waals surface area (Å²) in [6, 6.07) is 1.90. The van der Waals surface area contributed by atoms with Gasteiger partial charge in [-0.15, -0.1) is 5.10 Å². The molecule has 1 aromatic rings. The predicted molar refractivity (Wildman–Crippen MR) is 64.3 cm³/mol. The second-order valence-corrected chi connectivity index (χ2v) is 4.77. The zero-order valence-corrected chi connectivity index (χ0v) is 10.1. The Morgan fingerprint density at radius 3 is 2.93 bits per heavy atom. The quantitative estimate of drug-likeness (QED) is 0.794. The van der Waals surface area contributed by atoms with Crippen LogP contribution in [0.5, 0.6) is 0 Å². The first-order valence-corrected chi connectivity index (χ1v) is 6.17. The first-order valence-electron chi connectivity index (χ1n) is 4.78. The number of nitrogens with zero attached hydrogens (tertiary/aromatic N) is 2. The Bertz CT molecular complexity index is 317. The van der Waals surface area contributed by atoms with Gasteiger partial charge < -0.3 is 10.4 Å². The van der Waals surface area contributed by atoms with Gasteiger partial charge in [-0.25, -0.2) is 0 Å². The number of hydrogen-bond acceptors (Lipinski definition) is 5. The largest absolute Gasteiger partial charge is 0.387 e. The van der Waals surface area contributed by atoms with Crippen molar-refractivity contribution in [3.63, 3.8) is 0 Å². The van der Waals surface area contributed by atoms with E-state index in [1.165, 1.54) is 0 Å². The molecule has 1 atom stereocenters. The average molecular weight is 227 g/mol. The van der Waals surface area contributed by atoms with Gasteiger partial charge in [-0.1, -0.05) is 0 Å². The molecular weight excluding hydrogens is 210 g/mol. The number of rotatable bonds is 5. The monoisotopic (exact) mass is 227 g/mol. The van der Waals surface area contributed by atoms with E-state index < -0.39 is 5.60 Å². The molecule has 0 spiro atoms. The Hall–Kier alpha value is -0.810. The summed E-state index contributed by atoms with van der Waals surface area (Å²) in [7, 11) is 0. The molecule has 5 heteroatoms. The first kappa shape index (κ1) is 12.3. The molecule has 1 heterocycles. The van der Waals surface area contributed by atoms with Crippen LogP contribution in [0.25, 0.3) is 0 Å². The summed E-state index contributed by atoms with van der Waals surface area (Å²) in [5, 5.41) is 20.7. The van der Waals surface area contributed by atoms with E-state index in [4.69, 9.17) is 0 Å². The minimum Gasteiger partial charge on any atom is -0.387 e. The highest BCUT2D eigenvalue weighted by atomic mass is 32.2. The normalized spacial score (nSPS) is 14.7. The smallest absolute Gasteiger partial charge is 0.149 e. The maximum atomic E-state index is 9.91. The van der Waals surface area contributed by atoms with Crippen LogP contribution in [0.2, 0.25) is 0 Å². The van der Waals surface area contributed by atoms with Gasteiger partial charge in [-0.05, 0) is 31.7 Å². The maximum Gasteiger partial charge on any atom is 0.149 e. The minimum absolute atomic E-state index is 0.478. The standard InChI is InChI=1S/C10H17N3OS/c1-8-4-9(13-12-5-8)11-6-10(2,14)7-15-3/h4-5,14H,6-7H2,1-3H3,(H,11,13). The molecule has 84 valence electrons. The van der Waals surface area contributed by atoms with E-state index >= 15 is 0 Å². The highest BCUT2D eigenvalue weighted by Gasteiger charge is 2.19. The molecule has 0 fully saturated rings. The maximum absolute atomic E-state index is 9.91. The third kappa shape index (κ3) is 4.48. The molecule has 0 aliphatic rings. The Morgan fingerprint density at radius 1 is 1.60 bits per heavy atom. The fourth-order valence-electron chi connectivity index (χ4n) is 1.19. The highest BCUT2D eigenvalue weighted by Crippen LogP contribution is 2.12. The van der Waals surface area contributed by atoms with Gasteiger partial charge in [0.05, 0.1) is 11.8 Å². The number of nitrogens with one attached hydrogen (secondary N) is 1. The third-order valence-corrected chi connectivity index (χ3v) is 2.81. The zero-order chi connectivity index (χ0) is 11.3. The lowest BCUT2D eigenvalue weighted by atomic mass is 10.1. The minimum atomic E-state index is -0.717. The van der Waals surface area contributed by atoms with Gasteiger partial charge in [0.2, 0.25) is 0 Å². The molecule has 0 saturated carbocycles. The van der Waals surface area contributed by atoms with Gasteiger partial charge in [0, 0.05) is 12.3 Å². The number of anilines is 1. The van der Waals surface area contributed by atoms with Crippen molar-refractivity contribution in [2.24, 2.45) is 0 Å². The number of hydrogen-bond donors (Lipinski definition) is 2. The van der Waals surface area contributed by atoms with Crippen LogP contribution >= 0.6 is 11.8 Å². The van der Waals surface area contributed by atoms with Crippen LogP contribution in [-0.2, 0) is 0 Å². The van der Waals surface area contributed by atoms with Crippen LogP contribution in [0.1, 0.15) is 12.5 Å². The molecule has 15 heavy (non-hydrogen) atoms. The molecule has 0 aliphatic heterocycles. The van der Waals surface area contributed by atoms with Gasteiger partial charge in [-0.2, -0.15) is 16.9 Å². The second-order valence-electron chi connectivity index (χ2n) is 3.90. The Labute approximate surface area is 94.5 Å². The SMILES string of the molecule is CSCC(C)(O)CNc1cc(C)cnn1. The number of aliphatic hydroxyl groups is 1. The van der Waals surface area contributed by atoms with Crippen LogP contribution in [-0.4, -0.2) is 39.5 Å². The van der Waals surface area contributed by atoms with E-state index in [2.05, 4.69) is 15.5 Å². The lowest BCUT2D eigenvalue weighted by molar-refractivity contribution is 0.0996. The van der Waals surface area contributed by atoms with Crippen LogP contribution in [0, 0.1) is 6.92 Å². The first-order chi connectivity index (χ1) is 7.03. The summed E-state index contributed by atoms with van der Waals surface area (Å²) in [5.74, 6) is 1.40. The fraction of sp³-hybridized carbons (Fsp3) is 0.600. The molecule has 0 radical (unpaired) electrons. The van der Waals surface area contributed by atoms with Crippen LogP contribution < -0.4 is 5.32 Å². The van der Waals surface area contributed by atoms with Gasteiger partial charge in [0.15, 0.2) is 0 Å². The van der Waals surface area contributed by atoms with Crippen molar-refractivity contribution in [2.75, 3.05) is 23.9 Å². The van der Waals surface area contributed by atoms with Crippen molar-refractivity contribution in [3.8, 4) is 0 Å². The molecule has 0 amide bonds. The summed E-state index contributed by atoms with van der Waals surface area (Å²) < 4.78 is 0. The summed E-state index contributed by atoms with van der Waals surface area (Å²) in [4.78, 5) is 0. The van der Waals surface area contributed by atoms with E-state index in [1.807, 2.05) is 19.2 Å². The van der Waals surface area contributed by atoms with Crippen molar-refractivity contribution in [3.05, 3.63) is 17.8 Å². The van der Waals surface area contributed by atoms with E-state index in [0.29, 0.717) is 18.1 Å². The van der Waals surface area contributed by atoms with Gasteiger partial charge in [-0.3, -0.25) is 0 Å². The second kappa shape index (κ2) is 5.32. The average Bonchev–Trinajstić information content (AvgIpc) is 2.15. The molecule has 1 unspecified atom stereocenters. The van der Waals surface area contributed by atoms with Crippen molar-refractivity contribution in [2.45, 2.75) is 19.4 Å². The van der Waals surface area contributed by atoms with Crippen LogP contribution in [0.3, 0.4) is 0 Å². The van der Waals surface area contributed by atoms with Crippen molar-refractivity contribution < 1.29 is 5.11 Å². The lowest BCUT2D eigenvalue weighted by Gasteiger charge is -2.22. The van der Waals surface area contributed by atoms with Gasteiger partial charge in [0.1, 0.15) is 5.82 Å². The topological polar surface area (TPSA) is 58.0 Å². The summed E-state index contributed by atoms with van der Waals surface area (Å²) in [6.07, 6.45) is 3.67. The summed E-state index contributed by atoms with van der Waals surface area (Å²) in [5.41, 5.74) is 0.335. The van der Waals surface area contributed by atoms with E-state index in [1.54, 1.807) is 24.9 Å². The lowest BCUT2D eigenvalue weighted by Crippen LogP contribution is -2.36. The summed E-state index contributed by atoms with van der Waals surface area (Å²) in [6.45, 7) is 4.24. The van der Waals surface area contributed by atoms with Crippen molar-refractivity contribution >= 4 is 17.6 Å². The Balaban J connectivity index is 2.49. The molecule has 4 nitrogen and oxygen atoms in total.